The van der Waals surface area contributed by atoms with Crippen molar-refractivity contribution in [2.45, 2.75) is 52.1 Å². The summed E-state index contributed by atoms with van der Waals surface area (Å²) in [6.07, 6.45) is 9.16. The van der Waals surface area contributed by atoms with Gasteiger partial charge in [0, 0.05) is 43.6 Å². The number of nitrogens with zero attached hydrogens (tertiary/aromatic N) is 5. The van der Waals surface area contributed by atoms with Crippen molar-refractivity contribution in [1.82, 2.24) is 29.8 Å². The number of rotatable bonds is 6. The van der Waals surface area contributed by atoms with Crippen molar-refractivity contribution in [3.8, 4) is 22.8 Å². The number of aromatic nitrogens is 5. The highest BCUT2D eigenvalue weighted by Gasteiger charge is 2.26. The lowest BCUT2D eigenvalue weighted by Gasteiger charge is -2.24. The SMILES string of the molecule is [2H]C([2H])(Oc1cc2n(c(=O)c1Cl)-c1cc(-c3ccnc(C(C)(C)NC(C)=O)n3)ncc1CC/C=C\C2)c1ncc(F)cc1F. The highest BCUT2D eigenvalue weighted by Crippen LogP contribution is 2.30. The van der Waals surface area contributed by atoms with E-state index in [1.165, 1.54) is 17.6 Å². The molecule has 1 aliphatic rings. The second-order valence-electron chi connectivity index (χ2n) is 10.1. The molecule has 1 amide bonds. The van der Waals surface area contributed by atoms with Crippen LogP contribution in [0.1, 0.15) is 52.7 Å². The minimum atomic E-state index is -2.88. The molecular formula is C30H27ClF2N6O3. The Morgan fingerprint density at radius 2 is 1.98 bits per heavy atom. The summed E-state index contributed by atoms with van der Waals surface area (Å²) in [6.45, 7) is 2.07. The second-order valence-corrected chi connectivity index (χ2v) is 10.5. The standard InChI is InChI=1S/C30H27ClF2N6O3/c1-17(40)38-30(2,3)29-34-10-9-22(37-29)23-13-25-18(14-35-23)7-5-4-6-8-20-12-26(27(31)28(41)39(20)25)42-16-24-21(33)11-19(32)15-36-24/h4,6,9-15H,5,7-8,16H2,1-3H3,(H,38,40)/b6-4-/i16D2. The van der Waals surface area contributed by atoms with Gasteiger partial charge in [0.25, 0.3) is 5.56 Å². The number of pyridine rings is 3. The van der Waals surface area contributed by atoms with Gasteiger partial charge in [-0.15, -0.1) is 0 Å². The molecule has 5 rings (SSSR count). The molecule has 0 atom stereocenters. The van der Waals surface area contributed by atoms with Crippen LogP contribution in [0.3, 0.4) is 0 Å². The van der Waals surface area contributed by atoms with Gasteiger partial charge in [-0.05, 0) is 44.4 Å². The molecule has 9 nitrogen and oxygen atoms in total. The van der Waals surface area contributed by atoms with Crippen molar-refractivity contribution >= 4 is 17.5 Å². The quantitative estimate of drug-likeness (QED) is 0.312. The fourth-order valence-corrected chi connectivity index (χ4v) is 4.75. The molecular weight excluding hydrogens is 566 g/mol. The third kappa shape index (κ3) is 6.06. The number of allylic oxidation sites excluding steroid dienone is 2. The summed E-state index contributed by atoms with van der Waals surface area (Å²) < 4.78 is 51.1. The number of hydrogen-bond donors (Lipinski definition) is 1. The third-order valence-corrected chi connectivity index (χ3v) is 6.85. The first-order valence-corrected chi connectivity index (χ1v) is 13.4. The monoisotopic (exact) mass is 594 g/mol. The highest BCUT2D eigenvalue weighted by molar-refractivity contribution is 6.31. The number of carbonyl (C=O) groups excluding carboxylic acids is 1. The normalized spacial score (nSPS) is 14.7. The Morgan fingerprint density at radius 3 is 2.74 bits per heavy atom. The van der Waals surface area contributed by atoms with Crippen LogP contribution in [0, 0.1) is 11.6 Å². The summed E-state index contributed by atoms with van der Waals surface area (Å²) in [6, 6.07) is 5.26. The zero-order chi connectivity index (χ0) is 31.8. The Morgan fingerprint density at radius 1 is 1.17 bits per heavy atom. The molecule has 12 heteroatoms. The van der Waals surface area contributed by atoms with E-state index >= 15 is 0 Å². The molecule has 4 aromatic heterocycles. The molecule has 4 aromatic rings. The number of amides is 1. The van der Waals surface area contributed by atoms with Crippen LogP contribution in [0.25, 0.3) is 17.1 Å². The summed E-state index contributed by atoms with van der Waals surface area (Å²) in [5.74, 6) is -2.44. The van der Waals surface area contributed by atoms with Crippen molar-refractivity contribution in [2.75, 3.05) is 0 Å². The zero-order valence-electron chi connectivity index (χ0n) is 24.9. The predicted octanol–water partition coefficient (Wildman–Crippen LogP) is 5.01. The summed E-state index contributed by atoms with van der Waals surface area (Å²) in [4.78, 5) is 42.6. The molecule has 42 heavy (non-hydrogen) atoms. The second kappa shape index (κ2) is 11.8. The van der Waals surface area contributed by atoms with Crippen LogP contribution >= 0.6 is 11.6 Å². The molecule has 0 saturated heterocycles. The Kier molecular flexibility index (Phi) is 7.40. The third-order valence-electron chi connectivity index (χ3n) is 6.50. The van der Waals surface area contributed by atoms with Crippen LogP contribution in [0.15, 0.2) is 59.8 Å². The Labute approximate surface area is 248 Å². The smallest absolute Gasteiger partial charge is 0.277 e. The lowest BCUT2D eigenvalue weighted by molar-refractivity contribution is -0.120. The van der Waals surface area contributed by atoms with Gasteiger partial charge in [0.05, 0.1) is 31.6 Å². The maximum absolute atomic E-state index is 14.4. The fraction of sp³-hybridized carbons (Fsp3) is 0.267. The Balaban J connectivity index is 1.61. The van der Waals surface area contributed by atoms with E-state index in [0.29, 0.717) is 53.7 Å². The number of nitrogens with one attached hydrogen (secondary N) is 1. The molecule has 0 fully saturated rings. The van der Waals surface area contributed by atoms with Gasteiger partial charge in [-0.1, -0.05) is 23.8 Å². The van der Waals surface area contributed by atoms with Crippen molar-refractivity contribution in [1.29, 1.82) is 0 Å². The lowest BCUT2D eigenvalue weighted by Crippen LogP contribution is -2.41. The molecule has 0 bridgehead atoms. The van der Waals surface area contributed by atoms with Crippen LogP contribution in [0.2, 0.25) is 5.02 Å². The number of carbonyl (C=O) groups is 1. The first-order chi connectivity index (χ1) is 20.8. The maximum atomic E-state index is 14.4. The molecule has 5 heterocycles. The van der Waals surface area contributed by atoms with E-state index in [1.807, 2.05) is 12.2 Å². The summed E-state index contributed by atoms with van der Waals surface area (Å²) >= 11 is 6.47. The molecule has 216 valence electrons. The summed E-state index contributed by atoms with van der Waals surface area (Å²) in [7, 11) is 0. The van der Waals surface area contributed by atoms with Gasteiger partial charge in [0.2, 0.25) is 5.91 Å². The fourth-order valence-electron chi connectivity index (χ4n) is 4.57. The van der Waals surface area contributed by atoms with Crippen LogP contribution in [0.4, 0.5) is 8.78 Å². The topological polar surface area (TPSA) is 112 Å². The maximum Gasteiger partial charge on any atom is 0.277 e. The number of fused-ring (bicyclic) bond motifs is 3. The van der Waals surface area contributed by atoms with Crippen LogP contribution in [-0.4, -0.2) is 30.4 Å². The Hall–Kier alpha value is -4.51. The van der Waals surface area contributed by atoms with Crippen molar-refractivity contribution in [3.63, 3.8) is 0 Å². The molecule has 0 spiro atoms. The number of hydrogen-bond acceptors (Lipinski definition) is 7. The van der Waals surface area contributed by atoms with E-state index in [4.69, 9.17) is 19.1 Å². The van der Waals surface area contributed by atoms with Crippen LogP contribution in [0.5, 0.6) is 5.75 Å². The first-order valence-electron chi connectivity index (χ1n) is 14.0. The van der Waals surface area contributed by atoms with Gasteiger partial charge in [0.1, 0.15) is 28.8 Å². The Bertz CT molecular complexity index is 1870. The minimum absolute atomic E-state index is 0.240. The van der Waals surface area contributed by atoms with Gasteiger partial charge in [0.15, 0.2) is 11.6 Å². The highest BCUT2D eigenvalue weighted by atomic mass is 35.5. The van der Waals surface area contributed by atoms with E-state index in [0.717, 1.165) is 5.56 Å². The minimum Gasteiger partial charge on any atom is -0.485 e. The molecule has 1 N–H and O–H groups in total. The average molecular weight is 595 g/mol. The summed E-state index contributed by atoms with van der Waals surface area (Å²) in [5.41, 5.74) is 0.163. The molecule has 0 aromatic carbocycles. The van der Waals surface area contributed by atoms with E-state index in [-0.39, 0.29) is 18.1 Å². The van der Waals surface area contributed by atoms with E-state index in [9.17, 15) is 18.4 Å². The van der Waals surface area contributed by atoms with E-state index in [2.05, 4.69) is 25.3 Å². The number of halogens is 3. The van der Waals surface area contributed by atoms with Gasteiger partial charge in [-0.25, -0.2) is 18.7 Å². The van der Waals surface area contributed by atoms with Crippen LogP contribution < -0.4 is 15.6 Å². The first kappa shape index (κ1) is 26.4. The lowest BCUT2D eigenvalue weighted by atomic mass is 10.0. The van der Waals surface area contributed by atoms with E-state index < -0.39 is 40.0 Å². The number of aryl methyl sites for hydroxylation is 1. The van der Waals surface area contributed by atoms with Crippen molar-refractivity contribution < 1.29 is 21.1 Å². The largest absolute Gasteiger partial charge is 0.485 e. The van der Waals surface area contributed by atoms with Gasteiger partial charge in [-0.2, -0.15) is 0 Å². The van der Waals surface area contributed by atoms with Crippen molar-refractivity contribution in [3.05, 3.63) is 105 Å². The average Bonchev–Trinajstić information content (AvgIpc) is 3.03. The van der Waals surface area contributed by atoms with Gasteiger partial charge in [-0.3, -0.25) is 24.1 Å². The number of ether oxygens (including phenoxy) is 1. The van der Waals surface area contributed by atoms with Crippen molar-refractivity contribution in [2.24, 2.45) is 0 Å². The molecule has 0 saturated carbocycles. The van der Waals surface area contributed by atoms with E-state index in [1.54, 1.807) is 38.4 Å². The molecule has 0 unspecified atom stereocenters. The molecule has 0 aliphatic carbocycles. The molecule has 0 radical (unpaired) electrons. The zero-order valence-corrected chi connectivity index (χ0v) is 23.7. The van der Waals surface area contributed by atoms with Crippen LogP contribution in [-0.2, 0) is 29.7 Å². The summed E-state index contributed by atoms with van der Waals surface area (Å²) in [5, 5.41) is 2.37. The van der Waals surface area contributed by atoms with Gasteiger partial charge >= 0.3 is 0 Å². The van der Waals surface area contributed by atoms with Gasteiger partial charge < -0.3 is 10.1 Å². The predicted molar refractivity (Wildman–Crippen MR) is 152 cm³/mol. The molecule has 1 aliphatic heterocycles.